The number of carbonyl (C=O) groups excluding carboxylic acids is 1. The number of ether oxygens (including phenoxy) is 2. The minimum atomic E-state index is -4.69. The van der Waals surface area contributed by atoms with Crippen LogP contribution in [-0.4, -0.2) is 65.3 Å². The van der Waals surface area contributed by atoms with Gasteiger partial charge in [0.15, 0.2) is 0 Å². The molecular weight excluding hydrogens is 627 g/mol. The molecule has 2 aromatic heterocycles. The van der Waals surface area contributed by atoms with E-state index in [-0.39, 0.29) is 30.7 Å². The first-order valence-corrected chi connectivity index (χ1v) is 16.2. The second kappa shape index (κ2) is 14.4. The van der Waals surface area contributed by atoms with Crippen LogP contribution in [0.2, 0.25) is 0 Å². The third-order valence-electron chi connectivity index (χ3n) is 8.68. The van der Waals surface area contributed by atoms with Crippen LogP contribution >= 0.6 is 0 Å². The van der Waals surface area contributed by atoms with Crippen LogP contribution in [0.4, 0.5) is 24.8 Å². The number of amides is 1. The van der Waals surface area contributed by atoms with Crippen LogP contribution in [0, 0.1) is 17.3 Å². The monoisotopic (exact) mass is 669 g/mol. The number of hydrogen-bond donors (Lipinski definition) is 1. The third kappa shape index (κ3) is 8.93. The second-order valence-electron chi connectivity index (χ2n) is 13.8. The summed E-state index contributed by atoms with van der Waals surface area (Å²) in [5.74, 6) is -0.0690. The van der Waals surface area contributed by atoms with Crippen molar-refractivity contribution in [3.63, 3.8) is 0 Å². The molecule has 48 heavy (non-hydrogen) atoms. The summed E-state index contributed by atoms with van der Waals surface area (Å²) in [5, 5.41) is 9.38. The molecule has 1 N–H and O–H groups in total. The number of carboxylic acid groups (broad SMARTS) is 1. The normalized spacial score (nSPS) is 16.4. The maximum Gasteiger partial charge on any atom is 0.433 e. The fourth-order valence-electron chi connectivity index (χ4n) is 6.09. The Kier molecular flexibility index (Phi) is 10.4. The predicted octanol–water partition coefficient (Wildman–Crippen LogP) is 6.86. The van der Waals surface area contributed by atoms with Gasteiger partial charge < -0.3 is 19.5 Å². The van der Waals surface area contributed by atoms with E-state index >= 15 is 0 Å². The maximum atomic E-state index is 14.2. The van der Waals surface area contributed by atoms with Crippen molar-refractivity contribution in [2.75, 3.05) is 43.2 Å². The number of carbonyl (C=O) groups is 2. The molecule has 1 aliphatic carbocycles. The van der Waals surface area contributed by atoms with Crippen molar-refractivity contribution >= 4 is 23.5 Å². The first-order valence-electron chi connectivity index (χ1n) is 16.2. The van der Waals surface area contributed by atoms with Crippen molar-refractivity contribution < 1.29 is 37.3 Å². The van der Waals surface area contributed by atoms with Gasteiger partial charge in [-0.05, 0) is 78.7 Å². The summed E-state index contributed by atoms with van der Waals surface area (Å²) < 4.78 is 52.2. The van der Waals surface area contributed by atoms with Crippen molar-refractivity contribution in [1.82, 2.24) is 15.0 Å². The van der Waals surface area contributed by atoms with E-state index in [2.05, 4.69) is 19.9 Å². The Morgan fingerprint density at radius 1 is 1.02 bits per heavy atom. The van der Waals surface area contributed by atoms with Crippen molar-refractivity contribution in [2.45, 2.75) is 65.0 Å². The summed E-state index contributed by atoms with van der Waals surface area (Å²) in [6.07, 6.45) is 1.66. The second-order valence-corrected chi connectivity index (χ2v) is 13.8. The highest BCUT2D eigenvalue weighted by molar-refractivity contribution is 6.09. The van der Waals surface area contributed by atoms with Crippen LogP contribution in [0.3, 0.4) is 0 Å². The Hall–Kier alpha value is -4.42. The summed E-state index contributed by atoms with van der Waals surface area (Å²) in [4.78, 5) is 41.1. The quantitative estimate of drug-likeness (QED) is 0.221. The van der Waals surface area contributed by atoms with E-state index in [1.165, 1.54) is 12.0 Å². The molecule has 258 valence electrons. The number of piperidine rings is 1. The Morgan fingerprint density at radius 3 is 2.35 bits per heavy atom. The van der Waals surface area contributed by atoms with Crippen LogP contribution in [0.1, 0.15) is 80.4 Å². The summed E-state index contributed by atoms with van der Waals surface area (Å²) in [6.45, 7) is 7.40. The maximum absolute atomic E-state index is 14.2. The molecule has 2 fully saturated rings. The molecule has 1 aliphatic heterocycles. The molecule has 1 amide bonds. The van der Waals surface area contributed by atoms with Crippen LogP contribution in [0.15, 0.2) is 48.8 Å². The number of methoxy groups -OCH3 is 1. The van der Waals surface area contributed by atoms with Gasteiger partial charge in [-0.1, -0.05) is 20.8 Å². The SMILES string of the molecule is COc1ccc(C(=O)N(CC(C)(C)C)c2nccc(C(F)(F)F)n2)c(N2CCC(COc3cc(C(CC(=O)O)C4CC4)ccn3)CC2)c1. The molecule has 3 heterocycles. The van der Waals surface area contributed by atoms with Crippen LogP contribution in [0.5, 0.6) is 11.6 Å². The number of anilines is 2. The topological polar surface area (TPSA) is 118 Å². The molecule has 0 radical (unpaired) electrons. The lowest BCUT2D eigenvalue weighted by molar-refractivity contribution is -0.141. The molecule has 1 atom stereocenters. The Labute approximate surface area is 278 Å². The van der Waals surface area contributed by atoms with Crippen molar-refractivity contribution in [3.05, 3.63) is 65.6 Å². The van der Waals surface area contributed by atoms with E-state index in [1.54, 1.807) is 24.4 Å². The van der Waals surface area contributed by atoms with Crippen LogP contribution in [0.25, 0.3) is 0 Å². The molecule has 1 saturated carbocycles. The van der Waals surface area contributed by atoms with E-state index in [0.29, 0.717) is 48.5 Å². The average Bonchev–Trinajstić information content (AvgIpc) is 3.90. The zero-order chi connectivity index (χ0) is 34.6. The van der Waals surface area contributed by atoms with Crippen molar-refractivity contribution in [3.8, 4) is 11.6 Å². The molecule has 5 rings (SSSR count). The minimum Gasteiger partial charge on any atom is -0.497 e. The highest BCUT2D eigenvalue weighted by Crippen LogP contribution is 2.45. The van der Waals surface area contributed by atoms with Gasteiger partial charge in [-0.25, -0.2) is 15.0 Å². The van der Waals surface area contributed by atoms with Gasteiger partial charge in [0.1, 0.15) is 11.4 Å². The van der Waals surface area contributed by atoms with Gasteiger partial charge in [0.2, 0.25) is 11.8 Å². The lowest BCUT2D eigenvalue weighted by atomic mass is 9.92. The van der Waals surface area contributed by atoms with Crippen molar-refractivity contribution in [2.24, 2.45) is 17.3 Å². The fraction of sp³-hybridized carbons (Fsp3) is 0.514. The fourth-order valence-corrected chi connectivity index (χ4v) is 6.09. The van der Waals surface area contributed by atoms with Crippen LogP contribution in [-0.2, 0) is 11.0 Å². The Bertz CT molecular complexity index is 1600. The molecule has 10 nitrogen and oxygen atoms in total. The standard InChI is InChI=1S/C35H42F3N5O5/c1-34(2,3)21-43(33-40-14-10-29(41-33)35(36,37)38)32(46)26-8-7-25(47-4)18-28(26)42-15-11-22(12-16-42)20-48-30-17-24(9-13-39-30)27(19-31(44)45)23-5-6-23/h7-10,13-14,17-18,22-23,27H,5-6,11-12,15-16,19-21H2,1-4H3,(H,44,45). The Morgan fingerprint density at radius 2 is 1.73 bits per heavy atom. The molecule has 2 aliphatic rings. The lowest BCUT2D eigenvalue weighted by Crippen LogP contribution is -2.41. The highest BCUT2D eigenvalue weighted by atomic mass is 19.4. The number of hydrogen-bond acceptors (Lipinski definition) is 8. The van der Waals surface area contributed by atoms with Gasteiger partial charge in [-0.2, -0.15) is 13.2 Å². The molecule has 0 spiro atoms. The third-order valence-corrected chi connectivity index (χ3v) is 8.68. The van der Waals surface area contributed by atoms with Gasteiger partial charge in [-0.15, -0.1) is 0 Å². The lowest BCUT2D eigenvalue weighted by Gasteiger charge is -2.35. The van der Waals surface area contributed by atoms with Gasteiger partial charge in [0.25, 0.3) is 5.91 Å². The molecule has 3 aromatic rings. The Balaban J connectivity index is 1.30. The number of benzene rings is 1. The highest BCUT2D eigenvalue weighted by Gasteiger charge is 2.36. The van der Waals surface area contributed by atoms with Gasteiger partial charge in [-0.3, -0.25) is 14.5 Å². The number of carboxylic acids is 1. The number of pyridine rings is 1. The van der Waals surface area contributed by atoms with E-state index in [0.717, 1.165) is 43.5 Å². The van der Waals surface area contributed by atoms with Gasteiger partial charge in [0, 0.05) is 44.2 Å². The minimum absolute atomic E-state index is 0.0460. The summed E-state index contributed by atoms with van der Waals surface area (Å²) in [7, 11) is 1.53. The van der Waals surface area contributed by atoms with E-state index < -0.39 is 29.2 Å². The van der Waals surface area contributed by atoms with Gasteiger partial charge >= 0.3 is 12.1 Å². The zero-order valence-electron chi connectivity index (χ0n) is 27.7. The zero-order valence-corrected chi connectivity index (χ0v) is 27.7. The summed E-state index contributed by atoms with van der Waals surface area (Å²) >= 11 is 0. The smallest absolute Gasteiger partial charge is 0.433 e. The molecule has 1 saturated heterocycles. The molecule has 0 bridgehead atoms. The van der Waals surface area contributed by atoms with Crippen molar-refractivity contribution in [1.29, 1.82) is 0 Å². The van der Waals surface area contributed by atoms with E-state index in [4.69, 9.17) is 9.47 Å². The molecular formula is C35H42F3N5O5. The predicted molar refractivity (Wildman–Crippen MR) is 174 cm³/mol. The molecule has 1 unspecified atom stereocenters. The molecule has 13 heteroatoms. The summed E-state index contributed by atoms with van der Waals surface area (Å²) in [5.41, 5.74) is 0.267. The largest absolute Gasteiger partial charge is 0.497 e. The summed E-state index contributed by atoms with van der Waals surface area (Å²) in [6, 6.07) is 9.57. The number of halogens is 3. The number of aliphatic carboxylic acids is 1. The van der Waals surface area contributed by atoms with E-state index in [1.807, 2.05) is 32.9 Å². The number of rotatable bonds is 12. The van der Waals surface area contributed by atoms with Gasteiger partial charge in [0.05, 0.1) is 31.4 Å². The number of nitrogens with zero attached hydrogens (tertiary/aromatic N) is 5. The number of aromatic nitrogens is 3. The number of alkyl halides is 3. The van der Waals surface area contributed by atoms with E-state index in [9.17, 15) is 27.9 Å². The first kappa shape index (κ1) is 34.9. The molecule has 1 aromatic carbocycles. The van der Waals surface area contributed by atoms with Crippen LogP contribution < -0.4 is 19.3 Å². The first-order chi connectivity index (χ1) is 22.7. The average molecular weight is 670 g/mol.